The molecule has 2 N–H and O–H groups in total. The minimum atomic E-state index is 0.538. The third kappa shape index (κ3) is 2.05. The predicted octanol–water partition coefficient (Wildman–Crippen LogP) is 4.21. The molecule has 1 aromatic heterocycles. The molecule has 0 atom stereocenters. The highest BCUT2D eigenvalue weighted by Crippen LogP contribution is 2.35. The van der Waals surface area contributed by atoms with Gasteiger partial charge in [0.25, 0.3) is 5.22 Å². The average Bonchev–Trinajstić information content (AvgIpc) is 2.76. The zero-order valence-electron chi connectivity index (χ0n) is 9.26. The zero-order valence-corrected chi connectivity index (χ0v) is 10.8. The summed E-state index contributed by atoms with van der Waals surface area (Å²) in [6.45, 7) is 0. The maximum Gasteiger partial charge on any atom is 0.261 e. The van der Waals surface area contributed by atoms with Gasteiger partial charge in [-0.1, -0.05) is 29.8 Å². The summed E-state index contributed by atoms with van der Waals surface area (Å²) < 4.78 is 5.62. The van der Waals surface area contributed by atoms with Crippen molar-refractivity contribution in [1.82, 2.24) is 4.98 Å². The molecular formula is C13H9ClN2OS. The van der Waals surface area contributed by atoms with E-state index in [-0.39, 0.29) is 0 Å². The maximum absolute atomic E-state index is 6.09. The van der Waals surface area contributed by atoms with E-state index >= 15 is 0 Å². The number of nitrogens with two attached hydrogens (primary N) is 1. The summed E-state index contributed by atoms with van der Waals surface area (Å²) in [4.78, 5) is 5.27. The number of rotatable bonds is 2. The molecule has 0 unspecified atom stereocenters. The lowest BCUT2D eigenvalue weighted by atomic mass is 10.3. The summed E-state index contributed by atoms with van der Waals surface area (Å²) >= 11 is 7.47. The molecule has 0 saturated carbocycles. The first kappa shape index (κ1) is 11.4. The first-order chi connectivity index (χ1) is 8.74. The predicted molar refractivity (Wildman–Crippen MR) is 74.0 cm³/mol. The third-order valence-electron chi connectivity index (χ3n) is 2.46. The van der Waals surface area contributed by atoms with Crippen LogP contribution in [0.3, 0.4) is 0 Å². The summed E-state index contributed by atoms with van der Waals surface area (Å²) in [5.74, 6) is 0. The van der Waals surface area contributed by atoms with Gasteiger partial charge >= 0.3 is 0 Å². The number of para-hydroxylation sites is 1. The van der Waals surface area contributed by atoms with Crippen LogP contribution in [0.15, 0.2) is 57.0 Å². The monoisotopic (exact) mass is 276 g/mol. The zero-order chi connectivity index (χ0) is 12.5. The Morgan fingerprint density at radius 2 is 1.94 bits per heavy atom. The van der Waals surface area contributed by atoms with Crippen molar-refractivity contribution in [3.05, 3.63) is 47.5 Å². The highest BCUT2D eigenvalue weighted by molar-refractivity contribution is 7.99. The molecule has 0 aliphatic carbocycles. The number of oxazole rings is 1. The van der Waals surface area contributed by atoms with E-state index < -0.39 is 0 Å². The molecular weight excluding hydrogens is 268 g/mol. The summed E-state index contributed by atoms with van der Waals surface area (Å²) in [6, 6.07) is 13.0. The molecule has 3 nitrogen and oxygen atoms in total. The first-order valence-corrected chi connectivity index (χ1v) is 6.51. The smallest absolute Gasteiger partial charge is 0.261 e. The van der Waals surface area contributed by atoms with Gasteiger partial charge in [-0.25, -0.2) is 4.98 Å². The highest BCUT2D eigenvalue weighted by Gasteiger charge is 2.10. The lowest BCUT2D eigenvalue weighted by Gasteiger charge is -1.98. The fourth-order valence-electron chi connectivity index (χ4n) is 1.61. The molecule has 5 heteroatoms. The van der Waals surface area contributed by atoms with E-state index in [0.717, 1.165) is 4.90 Å². The van der Waals surface area contributed by atoms with Gasteiger partial charge in [0, 0.05) is 4.90 Å². The SMILES string of the molecule is Nc1cccc2oc(Sc3ccccc3Cl)nc12. The van der Waals surface area contributed by atoms with E-state index in [4.69, 9.17) is 21.8 Å². The topological polar surface area (TPSA) is 52.0 Å². The van der Waals surface area contributed by atoms with Crippen molar-refractivity contribution in [1.29, 1.82) is 0 Å². The van der Waals surface area contributed by atoms with Gasteiger partial charge in [0.05, 0.1) is 10.7 Å². The first-order valence-electron chi connectivity index (χ1n) is 5.31. The minimum absolute atomic E-state index is 0.538. The Bertz CT molecular complexity index is 711. The van der Waals surface area contributed by atoms with Gasteiger partial charge in [0.15, 0.2) is 5.58 Å². The number of anilines is 1. The van der Waals surface area contributed by atoms with Crippen molar-refractivity contribution in [2.45, 2.75) is 10.1 Å². The molecule has 3 rings (SSSR count). The molecule has 0 saturated heterocycles. The molecule has 0 aliphatic heterocycles. The molecule has 2 aromatic carbocycles. The van der Waals surface area contributed by atoms with Crippen molar-refractivity contribution < 1.29 is 4.42 Å². The maximum atomic E-state index is 6.09. The molecule has 0 aliphatic rings. The van der Waals surface area contributed by atoms with Gasteiger partial charge in [-0.15, -0.1) is 0 Å². The van der Waals surface area contributed by atoms with E-state index in [2.05, 4.69) is 4.98 Å². The van der Waals surface area contributed by atoms with Crippen LogP contribution in [0.4, 0.5) is 5.69 Å². The Labute approximate surface area is 113 Å². The van der Waals surface area contributed by atoms with E-state index in [1.165, 1.54) is 11.8 Å². The van der Waals surface area contributed by atoms with Crippen LogP contribution in [-0.4, -0.2) is 4.98 Å². The normalized spacial score (nSPS) is 10.9. The third-order valence-corrected chi connectivity index (χ3v) is 3.83. The minimum Gasteiger partial charge on any atom is -0.431 e. The summed E-state index contributed by atoms with van der Waals surface area (Å²) in [7, 11) is 0. The van der Waals surface area contributed by atoms with Crippen LogP contribution < -0.4 is 5.73 Å². The Hall–Kier alpha value is -1.65. The standard InChI is InChI=1S/C13H9ClN2OS/c14-8-4-1-2-7-11(8)18-13-16-12-9(15)5-3-6-10(12)17-13/h1-7H,15H2. The van der Waals surface area contributed by atoms with Crippen molar-refractivity contribution in [2.75, 3.05) is 5.73 Å². The number of nitrogens with zero attached hydrogens (tertiary/aromatic N) is 1. The molecule has 90 valence electrons. The summed E-state index contributed by atoms with van der Waals surface area (Å²) in [6.07, 6.45) is 0. The van der Waals surface area contributed by atoms with E-state index in [1.54, 1.807) is 6.07 Å². The van der Waals surface area contributed by atoms with E-state index in [0.29, 0.717) is 27.0 Å². The second kappa shape index (κ2) is 4.55. The van der Waals surface area contributed by atoms with E-state index in [1.807, 2.05) is 36.4 Å². The van der Waals surface area contributed by atoms with Gasteiger partial charge in [0.1, 0.15) is 5.52 Å². The van der Waals surface area contributed by atoms with Crippen molar-refractivity contribution in [3.63, 3.8) is 0 Å². The molecule has 3 aromatic rings. The van der Waals surface area contributed by atoms with Crippen LogP contribution in [0.1, 0.15) is 0 Å². The number of aromatic nitrogens is 1. The number of hydrogen-bond donors (Lipinski definition) is 1. The second-order valence-corrected chi connectivity index (χ2v) is 5.11. The molecule has 0 amide bonds. The van der Waals surface area contributed by atoms with Crippen LogP contribution in [0.5, 0.6) is 0 Å². The lowest BCUT2D eigenvalue weighted by molar-refractivity contribution is 0.489. The summed E-state index contributed by atoms with van der Waals surface area (Å²) in [5.41, 5.74) is 7.82. The van der Waals surface area contributed by atoms with Gasteiger partial charge in [-0.2, -0.15) is 0 Å². The number of halogens is 1. The molecule has 0 bridgehead atoms. The number of nitrogen functional groups attached to an aromatic ring is 1. The van der Waals surface area contributed by atoms with Crippen molar-refractivity contribution in [2.24, 2.45) is 0 Å². The van der Waals surface area contributed by atoms with Crippen LogP contribution in [-0.2, 0) is 0 Å². The van der Waals surface area contributed by atoms with Crippen molar-refractivity contribution >= 4 is 40.1 Å². The fraction of sp³-hybridized carbons (Fsp3) is 0. The Morgan fingerprint density at radius 1 is 1.11 bits per heavy atom. The Morgan fingerprint density at radius 3 is 2.72 bits per heavy atom. The Kier molecular flexibility index (Phi) is 2.89. The van der Waals surface area contributed by atoms with E-state index in [9.17, 15) is 0 Å². The molecule has 18 heavy (non-hydrogen) atoms. The average molecular weight is 277 g/mol. The van der Waals surface area contributed by atoms with Gasteiger partial charge in [0.2, 0.25) is 0 Å². The molecule has 0 spiro atoms. The number of hydrogen-bond acceptors (Lipinski definition) is 4. The molecule has 1 heterocycles. The quantitative estimate of drug-likeness (QED) is 0.712. The lowest BCUT2D eigenvalue weighted by Crippen LogP contribution is -1.84. The molecule has 0 radical (unpaired) electrons. The van der Waals surface area contributed by atoms with Crippen LogP contribution >= 0.6 is 23.4 Å². The van der Waals surface area contributed by atoms with Gasteiger partial charge < -0.3 is 10.2 Å². The van der Waals surface area contributed by atoms with Crippen LogP contribution in [0.2, 0.25) is 5.02 Å². The number of benzene rings is 2. The Balaban J connectivity index is 2.01. The number of fused-ring (bicyclic) bond motifs is 1. The molecule has 0 fully saturated rings. The summed E-state index contributed by atoms with van der Waals surface area (Å²) in [5, 5.41) is 1.22. The van der Waals surface area contributed by atoms with Crippen molar-refractivity contribution in [3.8, 4) is 0 Å². The van der Waals surface area contributed by atoms with Gasteiger partial charge in [-0.3, -0.25) is 0 Å². The van der Waals surface area contributed by atoms with Crippen LogP contribution in [0, 0.1) is 0 Å². The second-order valence-electron chi connectivity index (χ2n) is 3.71. The highest BCUT2D eigenvalue weighted by atomic mass is 35.5. The largest absolute Gasteiger partial charge is 0.431 e. The van der Waals surface area contributed by atoms with Gasteiger partial charge in [-0.05, 0) is 36.0 Å². The fourth-order valence-corrected chi connectivity index (χ4v) is 2.63. The van der Waals surface area contributed by atoms with Crippen LogP contribution in [0.25, 0.3) is 11.1 Å².